The molecule has 0 bridgehead atoms. The quantitative estimate of drug-likeness (QED) is 0.642. The Morgan fingerprint density at radius 1 is 0.839 bits per heavy atom. The number of benzene rings is 3. The number of amides is 3. The van der Waals surface area contributed by atoms with Gasteiger partial charge < -0.3 is 5.32 Å². The lowest BCUT2D eigenvalue weighted by Crippen LogP contribution is -2.40. The highest BCUT2D eigenvalue weighted by molar-refractivity contribution is 6.16. The number of rotatable bonds is 4. The number of nitrogens with one attached hydrogen (secondary N) is 1. The summed E-state index contributed by atoms with van der Waals surface area (Å²) in [6.45, 7) is 0. The highest BCUT2D eigenvalue weighted by Crippen LogP contribution is 2.28. The van der Waals surface area contributed by atoms with E-state index in [2.05, 4.69) is 11.4 Å². The molecule has 0 saturated carbocycles. The maximum atomic E-state index is 13.0. The Hall–Kier alpha value is -4.24. The van der Waals surface area contributed by atoms with E-state index in [-0.39, 0.29) is 17.7 Å². The van der Waals surface area contributed by atoms with Crippen LogP contribution >= 0.6 is 0 Å². The third-order valence-corrected chi connectivity index (χ3v) is 5.17. The zero-order chi connectivity index (χ0) is 21.8. The molecule has 1 N–H and O–H groups in total. The van der Waals surface area contributed by atoms with Crippen LogP contribution in [0.5, 0.6) is 0 Å². The molecule has 3 amide bonds. The Labute approximate surface area is 179 Å². The summed E-state index contributed by atoms with van der Waals surface area (Å²) in [4.78, 5) is 38.4. The number of carbonyl (C=O) groups excluding carboxylic acids is 3. The monoisotopic (exact) mass is 409 g/mol. The van der Waals surface area contributed by atoms with Gasteiger partial charge in [-0.3, -0.25) is 19.3 Å². The number of hydrogen-bond acceptors (Lipinski definition) is 4. The molecule has 6 nitrogen and oxygen atoms in total. The van der Waals surface area contributed by atoms with E-state index in [0.717, 1.165) is 0 Å². The molecule has 3 aromatic rings. The van der Waals surface area contributed by atoms with E-state index in [1.807, 2.05) is 24.3 Å². The largest absolute Gasteiger partial charge is 0.322 e. The maximum absolute atomic E-state index is 13.0. The summed E-state index contributed by atoms with van der Waals surface area (Å²) in [5, 5.41) is 12.3. The molecule has 0 radical (unpaired) electrons. The number of hydrogen-bond donors (Lipinski definition) is 1. The SMILES string of the molecule is N#Cc1ccccc1-c1ccccc1C(=O)Nc1ccc(N2C(=O)CCCC2=O)cc1. The van der Waals surface area contributed by atoms with Crippen LogP contribution < -0.4 is 10.2 Å². The van der Waals surface area contributed by atoms with E-state index in [1.54, 1.807) is 48.5 Å². The molecule has 0 unspecified atom stereocenters. The molecule has 31 heavy (non-hydrogen) atoms. The maximum Gasteiger partial charge on any atom is 0.256 e. The molecule has 0 aromatic heterocycles. The standard InChI is InChI=1S/C25H19N3O3/c26-16-17-6-1-2-7-20(17)21-8-3-4-9-22(21)25(31)27-18-12-14-19(15-13-18)28-23(29)10-5-11-24(28)30/h1-4,6-9,12-15H,5,10-11H2,(H,27,31). The van der Waals surface area contributed by atoms with Crippen LogP contribution in [0.25, 0.3) is 11.1 Å². The number of nitriles is 1. The average molecular weight is 409 g/mol. The second-order valence-corrected chi connectivity index (χ2v) is 7.18. The van der Waals surface area contributed by atoms with Crippen molar-refractivity contribution >= 4 is 29.1 Å². The van der Waals surface area contributed by atoms with Crippen molar-refractivity contribution < 1.29 is 14.4 Å². The minimum absolute atomic E-state index is 0.210. The van der Waals surface area contributed by atoms with Crippen molar-refractivity contribution in [2.24, 2.45) is 0 Å². The van der Waals surface area contributed by atoms with Crippen LogP contribution in [0.4, 0.5) is 11.4 Å². The van der Waals surface area contributed by atoms with E-state index >= 15 is 0 Å². The molecular formula is C25H19N3O3. The minimum Gasteiger partial charge on any atom is -0.322 e. The predicted octanol–water partition coefficient (Wildman–Crippen LogP) is 4.52. The molecule has 152 valence electrons. The van der Waals surface area contributed by atoms with Crippen LogP contribution in [-0.4, -0.2) is 17.7 Å². The summed E-state index contributed by atoms with van der Waals surface area (Å²) < 4.78 is 0. The molecule has 0 spiro atoms. The van der Waals surface area contributed by atoms with Crippen molar-refractivity contribution in [1.29, 1.82) is 5.26 Å². The molecule has 1 aliphatic rings. The second kappa shape index (κ2) is 8.64. The summed E-state index contributed by atoms with van der Waals surface area (Å²) in [5.74, 6) is -0.738. The molecular weight excluding hydrogens is 390 g/mol. The Kier molecular flexibility index (Phi) is 5.59. The van der Waals surface area contributed by atoms with Gasteiger partial charge in [-0.1, -0.05) is 36.4 Å². The van der Waals surface area contributed by atoms with Crippen molar-refractivity contribution in [3.8, 4) is 17.2 Å². The van der Waals surface area contributed by atoms with E-state index < -0.39 is 0 Å². The summed E-state index contributed by atoms with van der Waals surface area (Å²) in [5.41, 5.74) is 3.32. The van der Waals surface area contributed by atoms with Gasteiger partial charge in [0, 0.05) is 29.7 Å². The zero-order valence-corrected chi connectivity index (χ0v) is 16.7. The van der Waals surface area contributed by atoms with E-state index in [0.29, 0.717) is 52.9 Å². The van der Waals surface area contributed by atoms with Crippen molar-refractivity contribution in [2.45, 2.75) is 19.3 Å². The van der Waals surface area contributed by atoms with Crippen molar-refractivity contribution in [1.82, 2.24) is 0 Å². The van der Waals surface area contributed by atoms with Gasteiger partial charge in [-0.25, -0.2) is 0 Å². The topological polar surface area (TPSA) is 90.3 Å². The number of imide groups is 1. The van der Waals surface area contributed by atoms with Crippen molar-refractivity contribution in [3.05, 3.63) is 83.9 Å². The third kappa shape index (κ3) is 4.07. The average Bonchev–Trinajstić information content (AvgIpc) is 2.80. The fourth-order valence-corrected chi connectivity index (χ4v) is 3.67. The van der Waals surface area contributed by atoms with E-state index in [4.69, 9.17) is 0 Å². The fraction of sp³-hybridized carbons (Fsp3) is 0.120. The lowest BCUT2D eigenvalue weighted by molar-refractivity contribution is -0.129. The lowest BCUT2D eigenvalue weighted by Gasteiger charge is -2.25. The van der Waals surface area contributed by atoms with Crippen LogP contribution in [0.2, 0.25) is 0 Å². The Balaban J connectivity index is 1.58. The second-order valence-electron chi connectivity index (χ2n) is 7.18. The first kappa shape index (κ1) is 20.0. The van der Waals surface area contributed by atoms with Gasteiger partial charge in [-0.15, -0.1) is 0 Å². The zero-order valence-electron chi connectivity index (χ0n) is 16.7. The summed E-state index contributed by atoms with van der Waals surface area (Å²) in [7, 11) is 0. The Bertz CT molecular complexity index is 1190. The predicted molar refractivity (Wildman–Crippen MR) is 117 cm³/mol. The molecule has 4 rings (SSSR count). The van der Waals surface area contributed by atoms with Gasteiger partial charge in [0.2, 0.25) is 11.8 Å². The molecule has 1 aliphatic heterocycles. The summed E-state index contributed by atoms with van der Waals surface area (Å²) in [6, 6.07) is 23.0. The number of carbonyl (C=O) groups is 3. The highest BCUT2D eigenvalue weighted by atomic mass is 16.2. The first-order chi connectivity index (χ1) is 15.1. The van der Waals surface area contributed by atoms with Crippen LogP contribution in [0.15, 0.2) is 72.8 Å². The molecule has 0 aliphatic carbocycles. The van der Waals surface area contributed by atoms with Gasteiger partial charge in [0.15, 0.2) is 0 Å². The van der Waals surface area contributed by atoms with Crippen LogP contribution in [0.1, 0.15) is 35.2 Å². The number of anilines is 2. The molecule has 6 heteroatoms. The minimum atomic E-state index is -0.318. The fourth-order valence-electron chi connectivity index (χ4n) is 3.67. The van der Waals surface area contributed by atoms with E-state index in [1.165, 1.54) is 4.90 Å². The van der Waals surface area contributed by atoms with Gasteiger partial charge in [-0.2, -0.15) is 5.26 Å². The highest BCUT2D eigenvalue weighted by Gasteiger charge is 2.27. The van der Waals surface area contributed by atoms with Crippen LogP contribution in [0.3, 0.4) is 0 Å². The third-order valence-electron chi connectivity index (χ3n) is 5.17. The van der Waals surface area contributed by atoms with Gasteiger partial charge >= 0.3 is 0 Å². The lowest BCUT2D eigenvalue weighted by atomic mass is 9.95. The normalized spacial score (nSPS) is 13.6. The van der Waals surface area contributed by atoms with Gasteiger partial charge in [-0.05, 0) is 48.4 Å². The smallest absolute Gasteiger partial charge is 0.256 e. The summed E-state index contributed by atoms with van der Waals surface area (Å²) in [6.07, 6.45) is 1.28. The van der Waals surface area contributed by atoms with Gasteiger partial charge in [0.05, 0.1) is 17.3 Å². The Morgan fingerprint density at radius 3 is 2.13 bits per heavy atom. The van der Waals surface area contributed by atoms with Crippen LogP contribution in [0, 0.1) is 11.3 Å². The van der Waals surface area contributed by atoms with E-state index in [9.17, 15) is 19.6 Å². The van der Waals surface area contributed by atoms with Gasteiger partial charge in [0.25, 0.3) is 5.91 Å². The summed E-state index contributed by atoms with van der Waals surface area (Å²) >= 11 is 0. The molecule has 1 saturated heterocycles. The van der Waals surface area contributed by atoms with Crippen molar-refractivity contribution in [2.75, 3.05) is 10.2 Å². The van der Waals surface area contributed by atoms with Gasteiger partial charge in [0.1, 0.15) is 0 Å². The first-order valence-electron chi connectivity index (χ1n) is 9.94. The Morgan fingerprint density at radius 2 is 1.45 bits per heavy atom. The molecule has 1 fully saturated rings. The molecule has 0 atom stereocenters. The van der Waals surface area contributed by atoms with Crippen LogP contribution in [-0.2, 0) is 9.59 Å². The van der Waals surface area contributed by atoms with Crippen molar-refractivity contribution in [3.63, 3.8) is 0 Å². The first-order valence-corrected chi connectivity index (χ1v) is 9.94. The number of piperidine rings is 1. The number of nitrogens with zero attached hydrogens (tertiary/aromatic N) is 2. The molecule has 1 heterocycles. The molecule has 3 aromatic carbocycles.